The van der Waals surface area contributed by atoms with Crippen molar-refractivity contribution >= 4 is 24.0 Å². The number of amides is 2. The van der Waals surface area contributed by atoms with E-state index in [9.17, 15) is 9.59 Å². The predicted molar refractivity (Wildman–Crippen MR) is 222 cm³/mol. The van der Waals surface area contributed by atoms with Gasteiger partial charge in [-0.3, -0.25) is 9.59 Å². The molecule has 12 heteroatoms. The molecule has 0 aromatic heterocycles. The second-order valence-electron chi connectivity index (χ2n) is 14.3. The van der Waals surface area contributed by atoms with Crippen LogP contribution in [0.25, 0.3) is 12.2 Å². The lowest BCUT2D eigenvalue weighted by Crippen LogP contribution is -2.39. The van der Waals surface area contributed by atoms with Crippen LogP contribution in [0.4, 0.5) is 0 Å². The van der Waals surface area contributed by atoms with Gasteiger partial charge in [-0.1, -0.05) is 36.5 Å². The van der Waals surface area contributed by atoms with Crippen LogP contribution < -0.4 is 28.4 Å². The van der Waals surface area contributed by atoms with Crippen molar-refractivity contribution in [2.24, 2.45) is 0 Å². The number of carbonyl (C=O) groups excluding carboxylic acids is 2. The summed E-state index contributed by atoms with van der Waals surface area (Å²) in [6.45, 7) is 16.1. The first-order valence-corrected chi connectivity index (χ1v) is 19.6. The van der Waals surface area contributed by atoms with Crippen molar-refractivity contribution in [3.05, 3.63) is 71.8 Å². The van der Waals surface area contributed by atoms with Crippen LogP contribution in [0.3, 0.4) is 0 Å². The Morgan fingerprint density at radius 2 is 0.893 bits per heavy atom. The van der Waals surface area contributed by atoms with Gasteiger partial charge in [0.2, 0.25) is 23.3 Å². The molecule has 0 N–H and O–H groups in total. The summed E-state index contributed by atoms with van der Waals surface area (Å²) in [7, 11) is 6.41. The van der Waals surface area contributed by atoms with Crippen molar-refractivity contribution < 1.29 is 38.0 Å². The first-order valence-electron chi connectivity index (χ1n) is 19.6. The molecule has 0 radical (unpaired) electrons. The minimum Gasteiger partial charge on any atom is -0.493 e. The third kappa shape index (κ3) is 13.4. The zero-order chi connectivity index (χ0) is 40.5. The van der Waals surface area contributed by atoms with Gasteiger partial charge in [-0.2, -0.15) is 0 Å². The van der Waals surface area contributed by atoms with Gasteiger partial charge in [0.1, 0.15) is 0 Å². The molecule has 306 valence electrons. The van der Waals surface area contributed by atoms with Gasteiger partial charge in [-0.05, 0) is 89.0 Å². The van der Waals surface area contributed by atoms with Crippen LogP contribution in [0.2, 0.25) is 0 Å². The molecule has 0 bridgehead atoms. The van der Waals surface area contributed by atoms with Crippen LogP contribution in [-0.2, 0) is 9.59 Å². The average Bonchev–Trinajstić information content (AvgIpc) is 3.58. The van der Waals surface area contributed by atoms with E-state index in [4.69, 9.17) is 28.4 Å². The molecular formula is C44H62N4O8. The summed E-state index contributed by atoms with van der Waals surface area (Å²) < 4.78 is 33.9. The summed E-state index contributed by atoms with van der Waals surface area (Å²) in [4.78, 5) is 34.9. The number of rotatable bonds is 17. The second kappa shape index (κ2) is 22.6. The second-order valence-corrected chi connectivity index (χ2v) is 14.3. The summed E-state index contributed by atoms with van der Waals surface area (Å²) in [6, 6.07) is 7.54. The Balaban J connectivity index is 1.20. The number of carbonyl (C=O) groups is 2. The number of ether oxygens (including phenoxy) is 6. The van der Waals surface area contributed by atoms with E-state index in [2.05, 4.69) is 9.80 Å². The highest BCUT2D eigenvalue weighted by Crippen LogP contribution is 2.40. The van der Waals surface area contributed by atoms with Crippen LogP contribution in [-0.4, -0.2) is 138 Å². The Morgan fingerprint density at radius 3 is 1.21 bits per heavy atom. The zero-order valence-electron chi connectivity index (χ0n) is 34.6. The van der Waals surface area contributed by atoms with E-state index in [1.165, 1.54) is 0 Å². The maximum atomic E-state index is 13.0. The maximum Gasteiger partial charge on any atom is 0.246 e. The van der Waals surface area contributed by atoms with Crippen LogP contribution >= 0.6 is 0 Å². The fourth-order valence-corrected chi connectivity index (χ4v) is 6.63. The summed E-state index contributed by atoms with van der Waals surface area (Å²) in [5.74, 6) is 3.54. The highest BCUT2D eigenvalue weighted by atomic mass is 16.5. The summed E-state index contributed by atoms with van der Waals surface area (Å²) in [5.41, 5.74) is 1.75. The smallest absolute Gasteiger partial charge is 0.246 e. The molecular weight excluding hydrogens is 713 g/mol. The Kier molecular flexibility index (Phi) is 17.6. The van der Waals surface area contributed by atoms with E-state index in [1.54, 1.807) is 52.7 Å². The Morgan fingerprint density at radius 1 is 0.536 bits per heavy atom. The third-order valence-electron chi connectivity index (χ3n) is 9.48. The molecule has 2 aliphatic rings. The molecule has 0 saturated carbocycles. The Labute approximate surface area is 333 Å². The standard InChI is InChI=1S/C44H62N4O8/c1-33(2)55-43-37(51-5)29-35(30-38(43)52-6)15-9-11-17-41(49)47-21-13-19-45(25-27-47)23-24-46-20-14-22-48(28-26-46)42(50)18-12-10-16-36-31-39(53-7)44(56-34(3)4)40(32-36)54-8/h9-12,15-18,29-34H,13-14,19-28H2,1-8H3. The monoisotopic (exact) mass is 774 g/mol. The Hall–Kier alpha value is -4.94. The molecule has 2 aliphatic heterocycles. The molecule has 2 fully saturated rings. The predicted octanol–water partition coefficient (Wildman–Crippen LogP) is 6.20. The van der Waals surface area contributed by atoms with Crippen molar-refractivity contribution in [2.45, 2.75) is 52.7 Å². The lowest BCUT2D eigenvalue weighted by Gasteiger charge is -2.26. The first kappa shape index (κ1) is 43.8. The molecule has 0 unspecified atom stereocenters. The first-order chi connectivity index (χ1) is 27.0. The zero-order valence-corrected chi connectivity index (χ0v) is 34.6. The van der Waals surface area contributed by atoms with Gasteiger partial charge < -0.3 is 48.0 Å². The molecule has 2 aromatic carbocycles. The average molecular weight is 775 g/mol. The van der Waals surface area contributed by atoms with Gasteiger partial charge in [-0.25, -0.2) is 0 Å². The minimum atomic E-state index is -0.0222. The highest BCUT2D eigenvalue weighted by Gasteiger charge is 2.21. The summed E-state index contributed by atoms with van der Waals surface area (Å²) in [5, 5.41) is 0. The van der Waals surface area contributed by atoms with E-state index < -0.39 is 0 Å². The molecule has 2 heterocycles. The van der Waals surface area contributed by atoms with E-state index in [-0.39, 0.29) is 24.0 Å². The molecule has 2 aromatic rings. The molecule has 2 amide bonds. The van der Waals surface area contributed by atoms with Gasteiger partial charge in [0.25, 0.3) is 0 Å². The van der Waals surface area contributed by atoms with E-state index in [0.717, 1.165) is 76.3 Å². The van der Waals surface area contributed by atoms with Crippen molar-refractivity contribution in [3.8, 4) is 34.5 Å². The fraction of sp³-hybridized carbons (Fsp3) is 0.500. The SMILES string of the molecule is COc1cc(C=CC=CC(=O)N2CCCN(CCN3CCCN(C(=O)C=CC=Cc4cc(OC)c(OC(C)C)c(OC)c4)CC3)CC2)cc(OC)c1OC(C)C. The number of allylic oxidation sites excluding steroid dienone is 4. The molecule has 12 nitrogen and oxygen atoms in total. The summed E-state index contributed by atoms with van der Waals surface area (Å²) >= 11 is 0. The molecule has 0 atom stereocenters. The van der Waals surface area contributed by atoms with Crippen molar-refractivity contribution in [3.63, 3.8) is 0 Å². The maximum absolute atomic E-state index is 13.0. The number of benzene rings is 2. The van der Waals surface area contributed by atoms with Crippen LogP contribution in [0, 0.1) is 0 Å². The van der Waals surface area contributed by atoms with Crippen LogP contribution in [0.5, 0.6) is 34.5 Å². The van der Waals surface area contributed by atoms with E-state index >= 15 is 0 Å². The van der Waals surface area contributed by atoms with Crippen molar-refractivity contribution in [1.82, 2.24) is 19.6 Å². The van der Waals surface area contributed by atoms with Crippen molar-refractivity contribution in [2.75, 3.05) is 93.9 Å². The van der Waals surface area contributed by atoms with E-state index in [0.29, 0.717) is 47.6 Å². The van der Waals surface area contributed by atoms with Gasteiger partial charge in [0.15, 0.2) is 23.0 Å². The topological polar surface area (TPSA) is 102 Å². The number of hydrogen-bond donors (Lipinski definition) is 0. The lowest BCUT2D eigenvalue weighted by molar-refractivity contribution is -0.126. The van der Waals surface area contributed by atoms with Crippen LogP contribution in [0.1, 0.15) is 51.7 Å². The van der Waals surface area contributed by atoms with Gasteiger partial charge in [0.05, 0.1) is 40.6 Å². The highest BCUT2D eigenvalue weighted by molar-refractivity contribution is 5.88. The fourth-order valence-electron chi connectivity index (χ4n) is 6.63. The lowest BCUT2D eigenvalue weighted by atomic mass is 10.1. The molecule has 2 saturated heterocycles. The molecule has 0 spiro atoms. The quantitative estimate of drug-likeness (QED) is 0.136. The minimum absolute atomic E-state index is 0.0143. The van der Waals surface area contributed by atoms with Crippen molar-refractivity contribution in [1.29, 1.82) is 0 Å². The molecule has 56 heavy (non-hydrogen) atoms. The van der Waals surface area contributed by atoms with E-state index in [1.807, 2.05) is 86.1 Å². The normalized spacial score (nSPS) is 16.3. The number of methoxy groups -OCH3 is 4. The third-order valence-corrected chi connectivity index (χ3v) is 9.48. The number of nitrogens with zero attached hydrogens (tertiary/aromatic N) is 4. The van der Waals surface area contributed by atoms with Gasteiger partial charge in [-0.15, -0.1) is 0 Å². The van der Waals surface area contributed by atoms with Gasteiger partial charge >= 0.3 is 0 Å². The molecule has 0 aliphatic carbocycles. The van der Waals surface area contributed by atoms with Crippen LogP contribution in [0.15, 0.2) is 60.7 Å². The Bertz CT molecular complexity index is 1530. The largest absolute Gasteiger partial charge is 0.493 e. The molecule has 4 rings (SSSR count). The van der Waals surface area contributed by atoms with Gasteiger partial charge in [0, 0.05) is 64.5 Å². The number of hydrogen-bond acceptors (Lipinski definition) is 10. The summed E-state index contributed by atoms with van der Waals surface area (Å²) in [6.07, 6.45) is 16.2.